The topological polar surface area (TPSA) is 160 Å². The molecular weight excluding hydrogens is 688 g/mol. The Kier molecular flexibility index (Phi) is 11.2. The van der Waals surface area contributed by atoms with E-state index in [1.165, 1.54) is 49.0 Å². The predicted molar refractivity (Wildman–Crippen MR) is 202 cm³/mol. The maximum Gasteiger partial charge on any atom is 0.336 e. The molecule has 11 nitrogen and oxygen atoms in total. The van der Waals surface area contributed by atoms with Crippen LogP contribution in [-0.2, 0) is 11.5 Å². The van der Waals surface area contributed by atoms with E-state index in [9.17, 15) is 24.3 Å². The molecular formula is C43H34N2O9. The normalized spacial score (nSPS) is 10.6. The van der Waals surface area contributed by atoms with Gasteiger partial charge in [0.2, 0.25) is 0 Å². The van der Waals surface area contributed by atoms with Crippen molar-refractivity contribution < 1.29 is 43.9 Å². The lowest BCUT2D eigenvalue weighted by atomic mass is 9.95. The van der Waals surface area contributed by atoms with E-state index in [1.807, 2.05) is 79.7 Å². The molecule has 0 aliphatic carbocycles. The van der Waals surface area contributed by atoms with Gasteiger partial charge in [0, 0.05) is 29.4 Å². The molecule has 6 aromatic carbocycles. The molecule has 0 saturated heterocycles. The van der Waals surface area contributed by atoms with Crippen LogP contribution in [0.4, 0.5) is 5.69 Å². The number of ketones is 1. The summed E-state index contributed by atoms with van der Waals surface area (Å²) in [5.74, 6) is -0.467. The third-order valence-electron chi connectivity index (χ3n) is 8.47. The Hall–Kier alpha value is -7.08. The number of aromatic carboxylic acids is 1. The number of hydrogen-bond donors (Lipinski definition) is 4. The lowest BCUT2D eigenvalue weighted by molar-refractivity contribution is -0.253. The van der Waals surface area contributed by atoms with Gasteiger partial charge in [-0.3, -0.25) is 19.6 Å². The molecule has 6 aromatic rings. The van der Waals surface area contributed by atoms with Crippen molar-refractivity contribution in [3.63, 3.8) is 0 Å². The van der Waals surface area contributed by atoms with Crippen LogP contribution in [0.2, 0.25) is 0 Å². The largest absolute Gasteiger partial charge is 0.478 e. The van der Waals surface area contributed by atoms with Gasteiger partial charge in [-0.15, -0.1) is 0 Å². The van der Waals surface area contributed by atoms with Crippen molar-refractivity contribution in [2.75, 3.05) is 12.4 Å². The van der Waals surface area contributed by atoms with Crippen LogP contribution in [-0.4, -0.2) is 41.0 Å². The second-order valence-electron chi connectivity index (χ2n) is 12.2. The number of ether oxygens (including phenoxy) is 2. The molecule has 0 aromatic heterocycles. The minimum Gasteiger partial charge on any atom is -0.478 e. The highest BCUT2D eigenvalue weighted by molar-refractivity contribution is 6.14. The fourth-order valence-electron chi connectivity index (χ4n) is 5.60. The third kappa shape index (κ3) is 8.68. The monoisotopic (exact) mass is 722 g/mol. The third-order valence-corrected chi connectivity index (χ3v) is 8.47. The summed E-state index contributed by atoms with van der Waals surface area (Å²) in [4.78, 5) is 55.1. The van der Waals surface area contributed by atoms with Crippen LogP contribution in [0.15, 0.2) is 133 Å². The Morgan fingerprint density at radius 1 is 0.574 bits per heavy atom. The van der Waals surface area contributed by atoms with Crippen molar-refractivity contribution in [3.8, 4) is 34.1 Å². The summed E-state index contributed by atoms with van der Waals surface area (Å²) in [7, 11) is 1.35. The molecule has 0 unspecified atom stereocenters. The minimum atomic E-state index is -1.32. The van der Waals surface area contributed by atoms with Crippen LogP contribution < -0.4 is 20.1 Å². The molecule has 2 amide bonds. The van der Waals surface area contributed by atoms with Gasteiger partial charge in [0.05, 0.1) is 11.1 Å². The molecule has 4 N–H and O–H groups in total. The van der Waals surface area contributed by atoms with E-state index in [2.05, 4.69) is 15.5 Å². The van der Waals surface area contributed by atoms with Crippen molar-refractivity contribution in [2.24, 2.45) is 0 Å². The van der Waals surface area contributed by atoms with E-state index < -0.39 is 23.6 Å². The van der Waals surface area contributed by atoms with Gasteiger partial charge in [0.25, 0.3) is 11.8 Å². The zero-order valence-corrected chi connectivity index (χ0v) is 29.2. The average molecular weight is 723 g/mol. The van der Waals surface area contributed by atoms with E-state index in [-0.39, 0.29) is 34.4 Å². The molecule has 270 valence electrons. The van der Waals surface area contributed by atoms with Gasteiger partial charge in [0.1, 0.15) is 29.6 Å². The average Bonchev–Trinajstić information content (AvgIpc) is 3.19. The number of rotatable bonds is 13. The van der Waals surface area contributed by atoms with Crippen molar-refractivity contribution in [1.82, 2.24) is 5.32 Å². The number of carboxylic acids is 1. The van der Waals surface area contributed by atoms with Gasteiger partial charge in [-0.05, 0) is 102 Å². The van der Waals surface area contributed by atoms with Gasteiger partial charge < -0.3 is 25.2 Å². The van der Waals surface area contributed by atoms with Crippen LogP contribution in [0, 0.1) is 6.92 Å². The van der Waals surface area contributed by atoms with Gasteiger partial charge in [0.15, 0.2) is 5.78 Å². The number of carbonyl (C=O) groups excluding carboxylic acids is 3. The van der Waals surface area contributed by atoms with Crippen molar-refractivity contribution in [3.05, 3.63) is 172 Å². The summed E-state index contributed by atoms with van der Waals surface area (Å²) in [6.45, 7) is 1.70. The Morgan fingerprint density at radius 3 is 1.56 bits per heavy atom. The lowest BCUT2D eigenvalue weighted by Crippen LogP contribution is -2.22. The van der Waals surface area contributed by atoms with Crippen LogP contribution in [0.25, 0.3) is 11.1 Å². The quantitative estimate of drug-likeness (QED) is 0.0519. The lowest BCUT2D eigenvalue weighted by Gasteiger charge is -2.13. The fraction of sp³-hybridized carbons (Fsp3) is 0.0698. The van der Waals surface area contributed by atoms with Crippen LogP contribution >= 0.6 is 0 Å². The molecule has 6 rings (SSSR count). The summed E-state index contributed by atoms with van der Waals surface area (Å²) in [5, 5.41) is 23.8. The number of carbonyl (C=O) groups is 4. The summed E-state index contributed by atoms with van der Waals surface area (Å²) >= 11 is 0. The molecule has 0 fully saturated rings. The first-order valence-corrected chi connectivity index (χ1v) is 16.7. The Bertz CT molecular complexity index is 2320. The molecule has 0 aliphatic rings. The highest BCUT2D eigenvalue weighted by atomic mass is 17.1. The zero-order valence-electron chi connectivity index (χ0n) is 29.2. The van der Waals surface area contributed by atoms with Crippen molar-refractivity contribution >= 4 is 29.3 Å². The molecule has 0 radical (unpaired) electrons. The number of anilines is 1. The molecule has 0 saturated carbocycles. The van der Waals surface area contributed by atoms with E-state index in [1.54, 1.807) is 24.3 Å². The summed E-state index contributed by atoms with van der Waals surface area (Å²) in [6.07, 6.45) is 0. The van der Waals surface area contributed by atoms with E-state index in [0.717, 1.165) is 22.6 Å². The minimum absolute atomic E-state index is 0.0414. The van der Waals surface area contributed by atoms with Crippen LogP contribution in [0.5, 0.6) is 23.0 Å². The maximum atomic E-state index is 13.4. The Balaban J connectivity index is 1.11. The summed E-state index contributed by atoms with van der Waals surface area (Å²) in [5.41, 5.74) is 3.66. The molecule has 0 heterocycles. The summed E-state index contributed by atoms with van der Waals surface area (Å²) < 4.78 is 12.0. The predicted octanol–water partition coefficient (Wildman–Crippen LogP) is 8.78. The van der Waals surface area contributed by atoms with Gasteiger partial charge in [-0.1, -0.05) is 60.2 Å². The molecule has 0 bridgehead atoms. The Morgan fingerprint density at radius 2 is 1.06 bits per heavy atom. The van der Waals surface area contributed by atoms with Crippen LogP contribution in [0.3, 0.4) is 0 Å². The highest BCUT2D eigenvalue weighted by Gasteiger charge is 2.21. The van der Waals surface area contributed by atoms with E-state index in [0.29, 0.717) is 22.7 Å². The SMILES string of the molecule is CNC(=O)c1cc(C(=O)c2ccc(COO)c(C(=O)Nc3ccc(Oc4ccc(-c5ccc(Oc6ccc(C)cc6)cc5)cc4)cc3)c2)ccc1C(=O)O. The second kappa shape index (κ2) is 16.5. The molecule has 0 aliphatic heterocycles. The molecule has 0 spiro atoms. The van der Waals surface area contributed by atoms with Gasteiger partial charge in [-0.2, -0.15) is 0 Å². The summed E-state index contributed by atoms with van der Waals surface area (Å²) in [6, 6.07) is 37.9. The molecule has 0 atom stereocenters. The number of aryl methyl sites for hydroxylation is 1. The second-order valence-corrected chi connectivity index (χ2v) is 12.2. The van der Waals surface area contributed by atoms with Crippen LogP contribution in [0.1, 0.15) is 58.1 Å². The first kappa shape index (κ1) is 36.7. The molecule has 11 heteroatoms. The maximum absolute atomic E-state index is 13.4. The standard InChI is InChI=1S/C43H34N2O9/c1-26-3-14-33(15-4-26)53-34-16-7-27(8-17-34)28-9-18-35(19-10-28)54-36-20-12-32(13-21-36)45-42(48)38-23-29(5-6-31(38)25-52-51)40(46)30-11-22-37(43(49)50)39(24-30)41(47)44-2/h3-24,51H,25H2,1-2H3,(H,44,47)(H,45,48)(H,49,50). The molecule has 54 heavy (non-hydrogen) atoms. The van der Waals surface area contributed by atoms with E-state index >= 15 is 0 Å². The van der Waals surface area contributed by atoms with Gasteiger partial charge >= 0.3 is 5.97 Å². The van der Waals surface area contributed by atoms with Gasteiger partial charge in [-0.25, -0.2) is 9.68 Å². The zero-order chi connectivity index (χ0) is 38.2. The number of carboxylic acid groups (broad SMARTS) is 1. The highest BCUT2D eigenvalue weighted by Crippen LogP contribution is 2.30. The number of amides is 2. The fourth-order valence-corrected chi connectivity index (χ4v) is 5.60. The smallest absolute Gasteiger partial charge is 0.336 e. The van der Waals surface area contributed by atoms with Crippen molar-refractivity contribution in [1.29, 1.82) is 0 Å². The number of hydrogen-bond acceptors (Lipinski definition) is 8. The number of nitrogens with one attached hydrogen (secondary N) is 2. The van der Waals surface area contributed by atoms with Crippen molar-refractivity contribution in [2.45, 2.75) is 13.5 Å². The number of benzene rings is 6. The Labute approximate surface area is 310 Å². The first-order chi connectivity index (χ1) is 26.1. The first-order valence-electron chi connectivity index (χ1n) is 16.7. The van der Waals surface area contributed by atoms with E-state index in [4.69, 9.17) is 14.7 Å².